The van der Waals surface area contributed by atoms with Gasteiger partial charge >= 0.3 is 0 Å². The Balaban J connectivity index is 1.83. The number of aromatic nitrogens is 2. The van der Waals surface area contributed by atoms with Crippen LogP contribution in [0.3, 0.4) is 0 Å². The molecule has 28 heavy (non-hydrogen) atoms. The number of rotatable bonds is 4. The molecule has 0 saturated heterocycles. The smallest absolute Gasteiger partial charge is 0.225 e. The number of carbonyl (C=O) groups is 2. The highest BCUT2D eigenvalue weighted by molar-refractivity contribution is 5.98. The standard InChI is InChI=1S/C21H20N4O3/c1-13(26)23-18-12-17-15(10-20(18)28-2)16(11-21(27)24-17)19-8-9-22-25(19)14-6-4-3-5-7-14/h3-10,12,16H,11H2,1-2H3,(H,23,26)(H,24,27)/t16-/m0/s1. The van der Waals surface area contributed by atoms with Gasteiger partial charge < -0.3 is 15.4 Å². The minimum absolute atomic E-state index is 0.0859. The molecule has 0 fully saturated rings. The number of fused-ring (bicyclic) bond motifs is 1. The van der Waals surface area contributed by atoms with Gasteiger partial charge in [0.05, 0.1) is 24.2 Å². The van der Waals surface area contributed by atoms with Gasteiger partial charge in [-0.05, 0) is 35.9 Å². The van der Waals surface area contributed by atoms with Gasteiger partial charge in [-0.3, -0.25) is 9.59 Å². The summed E-state index contributed by atoms with van der Waals surface area (Å²) in [5.41, 5.74) is 3.94. The van der Waals surface area contributed by atoms with Crippen molar-refractivity contribution >= 4 is 23.2 Å². The van der Waals surface area contributed by atoms with E-state index in [1.165, 1.54) is 6.92 Å². The van der Waals surface area contributed by atoms with Crippen molar-refractivity contribution < 1.29 is 14.3 Å². The molecule has 7 heteroatoms. The van der Waals surface area contributed by atoms with E-state index < -0.39 is 0 Å². The maximum Gasteiger partial charge on any atom is 0.225 e. The number of hydrogen-bond donors (Lipinski definition) is 2. The SMILES string of the molecule is COc1cc2c(cc1NC(C)=O)NC(=O)C[C@@H]2c1ccnn1-c1ccccc1. The summed E-state index contributed by atoms with van der Waals surface area (Å²) >= 11 is 0. The van der Waals surface area contributed by atoms with Crippen LogP contribution in [0.15, 0.2) is 54.7 Å². The van der Waals surface area contributed by atoms with Crippen LogP contribution >= 0.6 is 0 Å². The summed E-state index contributed by atoms with van der Waals surface area (Å²) in [6.07, 6.45) is 2.03. The molecule has 0 aliphatic carbocycles. The van der Waals surface area contributed by atoms with Crippen LogP contribution in [0, 0.1) is 0 Å². The number of para-hydroxylation sites is 1. The molecular formula is C21H20N4O3. The van der Waals surface area contributed by atoms with Gasteiger partial charge in [0.25, 0.3) is 0 Å². The molecule has 2 amide bonds. The molecule has 0 bridgehead atoms. The zero-order chi connectivity index (χ0) is 19.7. The van der Waals surface area contributed by atoms with Gasteiger partial charge in [0.15, 0.2) is 0 Å². The molecule has 3 aromatic rings. The number of hydrogen-bond acceptors (Lipinski definition) is 4. The fourth-order valence-electron chi connectivity index (χ4n) is 3.57. The highest BCUT2D eigenvalue weighted by Gasteiger charge is 2.30. The fraction of sp³-hybridized carbons (Fsp3) is 0.190. The van der Waals surface area contributed by atoms with Crippen molar-refractivity contribution in [1.29, 1.82) is 0 Å². The van der Waals surface area contributed by atoms with Crippen LogP contribution < -0.4 is 15.4 Å². The number of methoxy groups -OCH3 is 1. The molecule has 0 radical (unpaired) electrons. The number of ether oxygens (including phenoxy) is 1. The van der Waals surface area contributed by atoms with Gasteiger partial charge in [0.2, 0.25) is 11.8 Å². The van der Waals surface area contributed by atoms with Gasteiger partial charge in [-0.1, -0.05) is 18.2 Å². The number of benzene rings is 2. The number of nitrogens with zero attached hydrogens (tertiary/aromatic N) is 2. The first-order chi connectivity index (χ1) is 13.6. The second-order valence-electron chi connectivity index (χ2n) is 6.63. The quantitative estimate of drug-likeness (QED) is 0.732. The van der Waals surface area contributed by atoms with E-state index >= 15 is 0 Å². The summed E-state index contributed by atoms with van der Waals surface area (Å²) in [5, 5.41) is 10.1. The predicted octanol–water partition coefficient (Wildman–Crippen LogP) is 3.31. The van der Waals surface area contributed by atoms with Crippen LogP contribution in [0.25, 0.3) is 5.69 Å². The van der Waals surface area contributed by atoms with Crippen LogP contribution in [0.5, 0.6) is 5.75 Å². The third-order valence-electron chi connectivity index (χ3n) is 4.75. The van der Waals surface area contributed by atoms with Crippen molar-refractivity contribution in [3.05, 3.63) is 66.0 Å². The zero-order valence-corrected chi connectivity index (χ0v) is 15.6. The van der Waals surface area contributed by atoms with Crippen molar-refractivity contribution in [2.45, 2.75) is 19.3 Å². The molecule has 1 aliphatic heterocycles. The highest BCUT2D eigenvalue weighted by Crippen LogP contribution is 2.42. The molecule has 7 nitrogen and oxygen atoms in total. The Hall–Kier alpha value is -3.61. The lowest BCUT2D eigenvalue weighted by Crippen LogP contribution is -2.25. The number of anilines is 2. The van der Waals surface area contributed by atoms with Gasteiger partial charge in [0, 0.05) is 31.1 Å². The first-order valence-corrected chi connectivity index (χ1v) is 8.95. The van der Waals surface area contributed by atoms with Crippen LogP contribution in [0.2, 0.25) is 0 Å². The molecule has 1 aliphatic rings. The number of amides is 2. The molecule has 1 aromatic heterocycles. The van der Waals surface area contributed by atoms with Crippen molar-refractivity contribution in [1.82, 2.24) is 9.78 Å². The van der Waals surface area contributed by atoms with Gasteiger partial charge in [-0.25, -0.2) is 4.68 Å². The fourth-order valence-corrected chi connectivity index (χ4v) is 3.57. The number of carbonyl (C=O) groups excluding carboxylic acids is 2. The highest BCUT2D eigenvalue weighted by atomic mass is 16.5. The molecule has 0 saturated carbocycles. The Morgan fingerprint density at radius 1 is 1.25 bits per heavy atom. The van der Waals surface area contributed by atoms with Crippen LogP contribution in [-0.4, -0.2) is 28.7 Å². The van der Waals surface area contributed by atoms with Gasteiger partial charge in [-0.2, -0.15) is 5.10 Å². The van der Waals surface area contributed by atoms with E-state index in [1.807, 2.05) is 47.1 Å². The Labute approximate surface area is 162 Å². The summed E-state index contributed by atoms with van der Waals surface area (Å²) in [4.78, 5) is 23.9. The summed E-state index contributed by atoms with van der Waals surface area (Å²) in [5.74, 6) is 0.0592. The maximum absolute atomic E-state index is 12.4. The average molecular weight is 376 g/mol. The van der Waals surface area contributed by atoms with Gasteiger partial charge in [0.1, 0.15) is 5.75 Å². The minimum Gasteiger partial charge on any atom is -0.495 e. The first kappa shape index (κ1) is 17.8. The van der Waals surface area contributed by atoms with E-state index in [0.717, 1.165) is 16.9 Å². The van der Waals surface area contributed by atoms with E-state index in [9.17, 15) is 9.59 Å². The van der Waals surface area contributed by atoms with Gasteiger partial charge in [-0.15, -0.1) is 0 Å². The Morgan fingerprint density at radius 2 is 2.04 bits per heavy atom. The Kier molecular flexibility index (Phi) is 4.57. The van der Waals surface area contributed by atoms with Crippen LogP contribution in [0.1, 0.15) is 30.5 Å². The lowest BCUT2D eigenvalue weighted by molar-refractivity contribution is -0.116. The van der Waals surface area contributed by atoms with Crippen LogP contribution in [0.4, 0.5) is 11.4 Å². The molecule has 0 spiro atoms. The Bertz CT molecular complexity index is 1040. The van der Waals surface area contributed by atoms with E-state index in [0.29, 0.717) is 23.5 Å². The van der Waals surface area contributed by atoms with Crippen molar-refractivity contribution in [2.24, 2.45) is 0 Å². The third kappa shape index (κ3) is 3.22. The summed E-state index contributed by atoms with van der Waals surface area (Å²) in [6.45, 7) is 1.43. The predicted molar refractivity (Wildman–Crippen MR) is 106 cm³/mol. The van der Waals surface area contributed by atoms with Crippen molar-refractivity contribution in [3.63, 3.8) is 0 Å². The topological polar surface area (TPSA) is 85.2 Å². The van der Waals surface area contributed by atoms with E-state index in [2.05, 4.69) is 15.7 Å². The van der Waals surface area contributed by atoms with E-state index in [4.69, 9.17) is 4.74 Å². The molecule has 2 heterocycles. The summed E-state index contributed by atoms with van der Waals surface area (Å²) in [7, 11) is 1.55. The van der Waals surface area contributed by atoms with E-state index in [-0.39, 0.29) is 17.7 Å². The molecule has 2 aromatic carbocycles. The monoisotopic (exact) mass is 376 g/mol. The number of nitrogens with one attached hydrogen (secondary N) is 2. The molecular weight excluding hydrogens is 356 g/mol. The second kappa shape index (κ2) is 7.19. The average Bonchev–Trinajstić information content (AvgIpc) is 3.16. The van der Waals surface area contributed by atoms with Crippen molar-refractivity contribution in [2.75, 3.05) is 17.7 Å². The van der Waals surface area contributed by atoms with Crippen LogP contribution in [-0.2, 0) is 9.59 Å². The summed E-state index contributed by atoms with van der Waals surface area (Å²) in [6, 6.07) is 15.3. The molecule has 4 rings (SSSR count). The summed E-state index contributed by atoms with van der Waals surface area (Å²) < 4.78 is 7.32. The second-order valence-corrected chi connectivity index (χ2v) is 6.63. The molecule has 1 atom stereocenters. The first-order valence-electron chi connectivity index (χ1n) is 8.95. The van der Waals surface area contributed by atoms with E-state index in [1.54, 1.807) is 19.4 Å². The zero-order valence-electron chi connectivity index (χ0n) is 15.6. The minimum atomic E-state index is -0.209. The molecule has 2 N–H and O–H groups in total. The molecule has 0 unspecified atom stereocenters. The maximum atomic E-state index is 12.4. The lowest BCUT2D eigenvalue weighted by atomic mass is 9.87. The Morgan fingerprint density at radius 3 is 2.75 bits per heavy atom. The third-order valence-corrected chi connectivity index (χ3v) is 4.75. The largest absolute Gasteiger partial charge is 0.495 e. The lowest BCUT2D eigenvalue weighted by Gasteiger charge is -2.27. The normalized spacial score (nSPS) is 15.5. The molecule has 142 valence electrons. The van der Waals surface area contributed by atoms with Crippen molar-refractivity contribution in [3.8, 4) is 11.4 Å².